The molecule has 0 amide bonds. The minimum atomic E-state index is -0.705. The van der Waals surface area contributed by atoms with Crippen LogP contribution in [0.1, 0.15) is 6.42 Å². The Morgan fingerprint density at radius 3 is 2.50 bits per heavy atom. The van der Waals surface area contributed by atoms with Crippen molar-refractivity contribution in [2.24, 2.45) is 0 Å². The second-order valence-electron chi connectivity index (χ2n) is 6.33. The SMILES string of the molecule is C=CCC1(O)CN(c2nc(-c3ccccc3)c3ccccc3n2)C1. The van der Waals surface area contributed by atoms with Crippen LogP contribution in [0, 0.1) is 0 Å². The summed E-state index contributed by atoms with van der Waals surface area (Å²) >= 11 is 0. The van der Waals surface area contributed by atoms with Crippen LogP contribution in [0.25, 0.3) is 22.2 Å². The highest BCUT2D eigenvalue weighted by atomic mass is 16.3. The number of fused-ring (bicyclic) bond motifs is 1. The van der Waals surface area contributed by atoms with Gasteiger partial charge in [0.25, 0.3) is 0 Å². The molecule has 1 fully saturated rings. The van der Waals surface area contributed by atoms with E-state index in [2.05, 4.69) is 23.7 Å². The third kappa shape index (κ3) is 2.55. The Morgan fingerprint density at radius 2 is 1.75 bits per heavy atom. The van der Waals surface area contributed by atoms with Gasteiger partial charge in [-0.25, -0.2) is 9.97 Å². The molecule has 3 aromatic rings. The van der Waals surface area contributed by atoms with Crippen LogP contribution >= 0.6 is 0 Å². The Hall–Kier alpha value is -2.72. The Balaban J connectivity index is 1.77. The molecule has 4 nitrogen and oxygen atoms in total. The van der Waals surface area contributed by atoms with Crippen molar-refractivity contribution in [1.82, 2.24) is 9.97 Å². The zero-order chi connectivity index (χ0) is 16.6. The quantitative estimate of drug-likeness (QED) is 0.749. The van der Waals surface area contributed by atoms with Crippen molar-refractivity contribution < 1.29 is 5.11 Å². The topological polar surface area (TPSA) is 49.2 Å². The molecular weight excluding hydrogens is 298 g/mol. The van der Waals surface area contributed by atoms with Crippen LogP contribution in [-0.2, 0) is 0 Å². The van der Waals surface area contributed by atoms with E-state index in [1.165, 1.54) is 0 Å². The van der Waals surface area contributed by atoms with E-state index in [0.717, 1.165) is 22.2 Å². The van der Waals surface area contributed by atoms with Crippen molar-refractivity contribution in [2.75, 3.05) is 18.0 Å². The number of anilines is 1. The minimum Gasteiger partial charge on any atom is -0.386 e. The molecule has 1 aliphatic heterocycles. The lowest BCUT2D eigenvalue weighted by Gasteiger charge is -2.46. The van der Waals surface area contributed by atoms with Gasteiger partial charge in [-0.15, -0.1) is 6.58 Å². The Morgan fingerprint density at radius 1 is 1.04 bits per heavy atom. The second kappa shape index (κ2) is 5.73. The summed E-state index contributed by atoms with van der Waals surface area (Å²) in [5, 5.41) is 11.4. The van der Waals surface area contributed by atoms with Gasteiger partial charge >= 0.3 is 0 Å². The number of benzene rings is 2. The lowest BCUT2D eigenvalue weighted by atomic mass is 9.91. The maximum absolute atomic E-state index is 10.4. The van der Waals surface area contributed by atoms with Crippen molar-refractivity contribution in [3.63, 3.8) is 0 Å². The first-order valence-corrected chi connectivity index (χ1v) is 8.09. The molecule has 1 aromatic heterocycles. The van der Waals surface area contributed by atoms with Crippen LogP contribution in [0.5, 0.6) is 0 Å². The van der Waals surface area contributed by atoms with Crippen molar-refractivity contribution in [3.05, 3.63) is 67.3 Å². The van der Waals surface area contributed by atoms with E-state index in [9.17, 15) is 5.11 Å². The average Bonchev–Trinajstić information content (AvgIpc) is 2.59. The fraction of sp³-hybridized carbons (Fsp3) is 0.200. The van der Waals surface area contributed by atoms with Crippen LogP contribution in [0.3, 0.4) is 0 Å². The number of para-hydroxylation sites is 1. The van der Waals surface area contributed by atoms with E-state index >= 15 is 0 Å². The summed E-state index contributed by atoms with van der Waals surface area (Å²) in [6, 6.07) is 18.2. The maximum Gasteiger partial charge on any atom is 0.226 e. The number of aromatic nitrogens is 2. The Labute approximate surface area is 141 Å². The lowest BCUT2D eigenvalue weighted by Crippen LogP contribution is -2.62. The van der Waals surface area contributed by atoms with Crippen LogP contribution in [0.15, 0.2) is 67.3 Å². The highest BCUT2D eigenvalue weighted by molar-refractivity contribution is 5.93. The lowest BCUT2D eigenvalue weighted by molar-refractivity contribution is 0.0141. The number of rotatable bonds is 4. The van der Waals surface area contributed by atoms with Gasteiger partial charge in [0.1, 0.15) is 5.60 Å². The van der Waals surface area contributed by atoms with Gasteiger partial charge in [-0.1, -0.05) is 54.6 Å². The largest absolute Gasteiger partial charge is 0.386 e. The molecule has 1 N–H and O–H groups in total. The first kappa shape index (κ1) is 14.8. The zero-order valence-electron chi connectivity index (χ0n) is 13.4. The zero-order valence-corrected chi connectivity index (χ0v) is 13.4. The molecule has 0 spiro atoms. The monoisotopic (exact) mass is 317 g/mol. The smallest absolute Gasteiger partial charge is 0.226 e. The predicted molar refractivity (Wildman–Crippen MR) is 97.0 cm³/mol. The molecule has 2 aromatic carbocycles. The fourth-order valence-electron chi connectivity index (χ4n) is 3.23. The fourth-order valence-corrected chi connectivity index (χ4v) is 3.23. The summed E-state index contributed by atoms with van der Waals surface area (Å²) in [6.45, 7) is 4.78. The maximum atomic E-state index is 10.4. The van der Waals surface area contributed by atoms with Crippen LogP contribution in [-0.4, -0.2) is 33.8 Å². The molecule has 4 rings (SSSR count). The normalized spacial score (nSPS) is 16.0. The molecule has 4 heteroatoms. The number of β-amino-alcohol motifs (C(OH)–C–C–N with tert-alkyl or cyclic N) is 1. The molecule has 2 heterocycles. The molecule has 0 unspecified atom stereocenters. The van der Waals surface area contributed by atoms with Gasteiger partial charge in [0.15, 0.2) is 0 Å². The molecule has 0 bridgehead atoms. The second-order valence-corrected chi connectivity index (χ2v) is 6.33. The van der Waals surface area contributed by atoms with Gasteiger partial charge in [-0.2, -0.15) is 0 Å². The van der Waals surface area contributed by atoms with E-state index in [0.29, 0.717) is 25.5 Å². The van der Waals surface area contributed by atoms with Gasteiger partial charge < -0.3 is 10.0 Å². The molecular formula is C20H19N3O. The Kier molecular flexibility index (Phi) is 3.54. The van der Waals surface area contributed by atoms with Gasteiger partial charge in [0.05, 0.1) is 24.3 Å². The third-order valence-electron chi connectivity index (χ3n) is 4.42. The predicted octanol–water partition coefficient (Wildman–Crippen LogP) is 3.42. The summed E-state index contributed by atoms with van der Waals surface area (Å²) in [5.41, 5.74) is 2.21. The van der Waals surface area contributed by atoms with Crippen molar-refractivity contribution in [3.8, 4) is 11.3 Å². The number of aliphatic hydroxyl groups is 1. The molecule has 0 radical (unpaired) electrons. The van der Waals surface area contributed by atoms with E-state index in [4.69, 9.17) is 4.98 Å². The summed E-state index contributed by atoms with van der Waals surface area (Å²) < 4.78 is 0. The Bertz CT molecular complexity index is 886. The molecule has 0 saturated carbocycles. The van der Waals surface area contributed by atoms with Crippen LogP contribution in [0.2, 0.25) is 0 Å². The van der Waals surface area contributed by atoms with E-state index < -0.39 is 5.60 Å². The highest BCUT2D eigenvalue weighted by Gasteiger charge is 2.41. The summed E-state index contributed by atoms with van der Waals surface area (Å²) in [5.74, 6) is 0.668. The highest BCUT2D eigenvalue weighted by Crippen LogP contribution is 2.32. The van der Waals surface area contributed by atoms with Crippen molar-refractivity contribution in [1.29, 1.82) is 0 Å². The first-order chi connectivity index (χ1) is 11.7. The number of hydrogen-bond acceptors (Lipinski definition) is 4. The van der Waals surface area contributed by atoms with Crippen molar-refractivity contribution in [2.45, 2.75) is 12.0 Å². The molecule has 0 atom stereocenters. The van der Waals surface area contributed by atoms with Gasteiger partial charge in [-0.05, 0) is 12.5 Å². The van der Waals surface area contributed by atoms with Gasteiger partial charge in [0, 0.05) is 10.9 Å². The van der Waals surface area contributed by atoms with Gasteiger partial charge in [0.2, 0.25) is 5.95 Å². The van der Waals surface area contributed by atoms with Crippen LogP contribution in [0.4, 0.5) is 5.95 Å². The molecule has 120 valence electrons. The minimum absolute atomic E-state index is 0.533. The summed E-state index contributed by atoms with van der Waals surface area (Å²) in [4.78, 5) is 11.5. The van der Waals surface area contributed by atoms with Gasteiger partial charge in [-0.3, -0.25) is 0 Å². The van der Waals surface area contributed by atoms with Crippen molar-refractivity contribution >= 4 is 16.9 Å². The molecule has 1 saturated heterocycles. The van der Waals surface area contributed by atoms with E-state index in [1.807, 2.05) is 47.4 Å². The summed E-state index contributed by atoms with van der Waals surface area (Å²) in [7, 11) is 0. The average molecular weight is 317 g/mol. The first-order valence-electron chi connectivity index (χ1n) is 8.09. The van der Waals surface area contributed by atoms with Crippen LogP contribution < -0.4 is 4.90 Å². The van der Waals surface area contributed by atoms with E-state index in [-0.39, 0.29) is 0 Å². The van der Waals surface area contributed by atoms with E-state index in [1.54, 1.807) is 6.08 Å². The standard InChI is InChI=1S/C20H19N3O/c1-2-12-20(24)13-23(14-20)19-21-17-11-7-6-10-16(17)18(22-19)15-8-4-3-5-9-15/h2-11,24H,1,12-14H2. The molecule has 1 aliphatic rings. The number of nitrogens with zero attached hydrogens (tertiary/aromatic N) is 3. The summed E-state index contributed by atoms with van der Waals surface area (Å²) in [6.07, 6.45) is 2.34. The molecule has 0 aliphatic carbocycles. The third-order valence-corrected chi connectivity index (χ3v) is 4.42. The number of hydrogen-bond donors (Lipinski definition) is 1. The molecule has 24 heavy (non-hydrogen) atoms.